The SMILES string of the molecule is C[C@H](N)C(=O)OCC1c2ccccc2-c2ccccc21. The van der Waals surface area contributed by atoms with Gasteiger partial charge >= 0.3 is 5.97 Å². The molecule has 0 aliphatic heterocycles. The van der Waals surface area contributed by atoms with Gasteiger partial charge in [0, 0.05) is 5.92 Å². The van der Waals surface area contributed by atoms with Crippen molar-refractivity contribution < 1.29 is 9.53 Å². The number of carbonyl (C=O) groups is 1. The van der Waals surface area contributed by atoms with E-state index in [2.05, 4.69) is 24.3 Å². The Labute approximate surface area is 118 Å². The van der Waals surface area contributed by atoms with Gasteiger partial charge in [0.1, 0.15) is 12.6 Å². The fourth-order valence-corrected chi connectivity index (χ4v) is 2.74. The van der Waals surface area contributed by atoms with Crippen LogP contribution < -0.4 is 5.73 Å². The van der Waals surface area contributed by atoms with Crippen molar-refractivity contribution in [3.05, 3.63) is 59.7 Å². The number of fused-ring (bicyclic) bond motifs is 3. The summed E-state index contributed by atoms with van der Waals surface area (Å²) in [6, 6.07) is 15.9. The maximum Gasteiger partial charge on any atom is 0.322 e. The first-order valence-corrected chi connectivity index (χ1v) is 6.79. The van der Waals surface area contributed by atoms with Gasteiger partial charge in [0.2, 0.25) is 0 Å². The average molecular weight is 267 g/mol. The second-order valence-corrected chi connectivity index (χ2v) is 5.15. The molecule has 0 spiro atoms. The molecule has 3 heteroatoms. The number of rotatable bonds is 3. The minimum atomic E-state index is -0.582. The topological polar surface area (TPSA) is 52.3 Å². The summed E-state index contributed by atoms with van der Waals surface area (Å²) in [4.78, 5) is 11.6. The molecule has 3 rings (SSSR count). The number of carbonyl (C=O) groups excluding carboxylic acids is 1. The van der Waals surface area contributed by atoms with Crippen LogP contribution in [0, 0.1) is 0 Å². The molecule has 0 unspecified atom stereocenters. The van der Waals surface area contributed by atoms with Crippen LogP contribution in [0.1, 0.15) is 24.0 Å². The van der Waals surface area contributed by atoms with Gasteiger partial charge in [-0.25, -0.2) is 0 Å². The number of hydrogen-bond acceptors (Lipinski definition) is 3. The van der Waals surface area contributed by atoms with E-state index in [1.165, 1.54) is 22.3 Å². The van der Waals surface area contributed by atoms with E-state index >= 15 is 0 Å². The summed E-state index contributed by atoms with van der Waals surface area (Å²) in [5, 5.41) is 0. The molecule has 1 aliphatic rings. The second kappa shape index (κ2) is 5.10. The quantitative estimate of drug-likeness (QED) is 0.870. The van der Waals surface area contributed by atoms with E-state index in [4.69, 9.17) is 10.5 Å². The summed E-state index contributed by atoms with van der Waals surface area (Å²) >= 11 is 0. The molecule has 2 aromatic rings. The summed E-state index contributed by atoms with van der Waals surface area (Å²) in [7, 11) is 0. The Hall–Kier alpha value is -2.13. The molecular formula is C17H17NO2. The van der Waals surface area contributed by atoms with Crippen molar-refractivity contribution >= 4 is 5.97 Å². The number of ether oxygens (including phenoxy) is 1. The average Bonchev–Trinajstić information content (AvgIpc) is 2.79. The molecule has 0 amide bonds. The van der Waals surface area contributed by atoms with Gasteiger partial charge in [-0.05, 0) is 29.2 Å². The molecule has 0 saturated heterocycles. The zero-order valence-electron chi connectivity index (χ0n) is 11.4. The van der Waals surface area contributed by atoms with E-state index in [9.17, 15) is 4.79 Å². The monoisotopic (exact) mass is 267 g/mol. The van der Waals surface area contributed by atoms with Crippen LogP contribution in [0.3, 0.4) is 0 Å². The minimum absolute atomic E-state index is 0.102. The van der Waals surface area contributed by atoms with Gasteiger partial charge in [-0.1, -0.05) is 48.5 Å². The summed E-state index contributed by atoms with van der Waals surface area (Å²) < 4.78 is 5.34. The number of benzene rings is 2. The lowest BCUT2D eigenvalue weighted by Crippen LogP contribution is -2.29. The molecule has 0 heterocycles. The standard InChI is InChI=1S/C17H17NO2/c1-11(18)17(19)20-10-16-14-8-4-2-6-12(14)13-7-3-5-9-15(13)16/h2-9,11,16H,10,18H2,1H3/t11-/m0/s1. The highest BCUT2D eigenvalue weighted by Crippen LogP contribution is 2.44. The van der Waals surface area contributed by atoms with Crippen molar-refractivity contribution in [1.82, 2.24) is 0 Å². The summed E-state index contributed by atoms with van der Waals surface area (Å²) in [5.74, 6) is -0.253. The molecule has 0 aromatic heterocycles. The highest BCUT2D eigenvalue weighted by Gasteiger charge is 2.29. The van der Waals surface area contributed by atoms with E-state index in [-0.39, 0.29) is 11.9 Å². The van der Waals surface area contributed by atoms with Crippen LogP contribution in [0.15, 0.2) is 48.5 Å². The largest absolute Gasteiger partial charge is 0.464 e. The Morgan fingerprint density at radius 2 is 1.60 bits per heavy atom. The summed E-state index contributed by atoms with van der Waals surface area (Å²) in [6.07, 6.45) is 0. The fraction of sp³-hybridized carbons (Fsp3) is 0.235. The zero-order chi connectivity index (χ0) is 14.1. The predicted molar refractivity (Wildman–Crippen MR) is 78.3 cm³/mol. The Balaban J connectivity index is 1.93. The van der Waals surface area contributed by atoms with E-state index < -0.39 is 6.04 Å². The van der Waals surface area contributed by atoms with E-state index in [0.29, 0.717) is 6.61 Å². The second-order valence-electron chi connectivity index (χ2n) is 5.15. The summed E-state index contributed by atoms with van der Waals surface area (Å²) in [6.45, 7) is 1.98. The first-order valence-electron chi connectivity index (χ1n) is 6.79. The van der Waals surface area contributed by atoms with E-state index in [1.807, 2.05) is 24.3 Å². The molecule has 102 valence electrons. The number of hydrogen-bond donors (Lipinski definition) is 1. The first-order chi connectivity index (χ1) is 9.68. The normalized spacial score (nSPS) is 14.5. The van der Waals surface area contributed by atoms with Crippen LogP contribution in [-0.2, 0) is 9.53 Å². The molecule has 2 N–H and O–H groups in total. The van der Waals surface area contributed by atoms with Crippen molar-refractivity contribution in [3.8, 4) is 11.1 Å². The fourth-order valence-electron chi connectivity index (χ4n) is 2.74. The third-order valence-electron chi connectivity index (χ3n) is 3.73. The Morgan fingerprint density at radius 1 is 1.10 bits per heavy atom. The van der Waals surface area contributed by atoms with Crippen molar-refractivity contribution in [1.29, 1.82) is 0 Å². The van der Waals surface area contributed by atoms with Gasteiger partial charge in [0.05, 0.1) is 0 Å². The smallest absolute Gasteiger partial charge is 0.322 e. The van der Waals surface area contributed by atoms with Gasteiger partial charge in [0.15, 0.2) is 0 Å². The molecule has 0 fully saturated rings. The lowest BCUT2D eigenvalue weighted by atomic mass is 9.98. The van der Waals surface area contributed by atoms with Gasteiger partial charge in [-0.2, -0.15) is 0 Å². The van der Waals surface area contributed by atoms with E-state index in [0.717, 1.165) is 0 Å². The van der Waals surface area contributed by atoms with Crippen LogP contribution in [0.4, 0.5) is 0 Å². The Morgan fingerprint density at radius 3 is 2.10 bits per heavy atom. The highest BCUT2D eigenvalue weighted by atomic mass is 16.5. The van der Waals surface area contributed by atoms with Gasteiger partial charge in [-0.3, -0.25) is 4.79 Å². The van der Waals surface area contributed by atoms with Gasteiger partial charge in [-0.15, -0.1) is 0 Å². The van der Waals surface area contributed by atoms with E-state index in [1.54, 1.807) is 6.92 Å². The van der Waals surface area contributed by atoms with Crippen molar-refractivity contribution in [3.63, 3.8) is 0 Å². The van der Waals surface area contributed by atoms with Crippen LogP contribution in [0.2, 0.25) is 0 Å². The first kappa shape index (κ1) is 12.9. The molecule has 2 aromatic carbocycles. The Kier molecular flexibility index (Phi) is 3.28. The third-order valence-corrected chi connectivity index (χ3v) is 3.73. The van der Waals surface area contributed by atoms with Crippen molar-refractivity contribution in [2.45, 2.75) is 18.9 Å². The third kappa shape index (κ3) is 2.10. The van der Waals surface area contributed by atoms with Crippen LogP contribution in [0.5, 0.6) is 0 Å². The number of nitrogens with two attached hydrogens (primary N) is 1. The lowest BCUT2D eigenvalue weighted by molar-refractivity contribution is -0.145. The van der Waals surface area contributed by atoms with Crippen LogP contribution in [-0.4, -0.2) is 18.6 Å². The molecular weight excluding hydrogens is 250 g/mol. The highest BCUT2D eigenvalue weighted by molar-refractivity contribution is 5.79. The molecule has 0 radical (unpaired) electrons. The maximum atomic E-state index is 11.6. The predicted octanol–water partition coefficient (Wildman–Crippen LogP) is 2.69. The van der Waals surface area contributed by atoms with Crippen LogP contribution >= 0.6 is 0 Å². The lowest BCUT2D eigenvalue weighted by Gasteiger charge is -2.15. The van der Waals surface area contributed by atoms with Gasteiger partial charge in [0.25, 0.3) is 0 Å². The van der Waals surface area contributed by atoms with Crippen LogP contribution in [0.25, 0.3) is 11.1 Å². The molecule has 1 atom stereocenters. The minimum Gasteiger partial charge on any atom is -0.464 e. The Bertz CT molecular complexity index is 603. The molecule has 1 aliphatic carbocycles. The number of esters is 1. The zero-order valence-corrected chi connectivity index (χ0v) is 11.4. The van der Waals surface area contributed by atoms with Crippen molar-refractivity contribution in [2.24, 2.45) is 5.73 Å². The maximum absolute atomic E-state index is 11.6. The summed E-state index contributed by atoms with van der Waals surface area (Å²) in [5.41, 5.74) is 10.4. The molecule has 0 bridgehead atoms. The van der Waals surface area contributed by atoms with Gasteiger partial charge < -0.3 is 10.5 Å². The molecule has 3 nitrogen and oxygen atoms in total. The van der Waals surface area contributed by atoms with Crippen molar-refractivity contribution in [2.75, 3.05) is 6.61 Å². The molecule has 20 heavy (non-hydrogen) atoms. The molecule has 0 saturated carbocycles.